The van der Waals surface area contributed by atoms with Crippen molar-refractivity contribution in [3.05, 3.63) is 16.4 Å². The summed E-state index contributed by atoms with van der Waals surface area (Å²) in [5, 5.41) is 4.18. The number of carbonyl (C=O) groups is 1. The van der Waals surface area contributed by atoms with Crippen LogP contribution < -0.4 is 5.73 Å². The van der Waals surface area contributed by atoms with Crippen molar-refractivity contribution in [3.8, 4) is 0 Å². The Morgan fingerprint density at radius 2 is 2.32 bits per heavy atom. The van der Waals surface area contributed by atoms with Crippen LogP contribution in [0.1, 0.15) is 23.3 Å². The summed E-state index contributed by atoms with van der Waals surface area (Å²) in [6.07, 6.45) is 2.69. The lowest BCUT2D eigenvalue weighted by Crippen LogP contribution is -2.52. The molecule has 1 saturated heterocycles. The lowest BCUT2D eigenvalue weighted by Gasteiger charge is -2.31. The quantitative estimate of drug-likeness (QED) is 0.813. The molecule has 0 unspecified atom stereocenters. The van der Waals surface area contributed by atoms with Crippen LogP contribution in [-0.2, 0) is 16.0 Å². The van der Waals surface area contributed by atoms with Crippen LogP contribution >= 0.6 is 15.9 Å². The largest absolute Gasteiger partial charge is 0.383 e. The fraction of sp³-hybridized carbons (Fsp3) is 0.667. The van der Waals surface area contributed by atoms with E-state index in [0.717, 1.165) is 0 Å². The molecule has 6 nitrogen and oxygen atoms in total. The summed E-state index contributed by atoms with van der Waals surface area (Å²) in [6.45, 7) is 2.06. The summed E-state index contributed by atoms with van der Waals surface area (Å²) in [5.41, 5.74) is 5.90. The van der Waals surface area contributed by atoms with Crippen molar-refractivity contribution in [1.29, 1.82) is 0 Å². The molecule has 0 aromatic carbocycles. The number of Topliss-reactive ketones (excluding diaryl/α,β-unsaturated/α-hetero) is 1. The van der Waals surface area contributed by atoms with E-state index < -0.39 is 5.54 Å². The number of rotatable bonds is 5. The van der Waals surface area contributed by atoms with Gasteiger partial charge in [-0.25, -0.2) is 0 Å². The van der Waals surface area contributed by atoms with E-state index in [2.05, 4.69) is 21.0 Å². The van der Waals surface area contributed by atoms with Crippen molar-refractivity contribution in [2.75, 3.05) is 26.9 Å². The van der Waals surface area contributed by atoms with E-state index in [4.69, 9.17) is 15.2 Å². The van der Waals surface area contributed by atoms with Crippen LogP contribution in [0, 0.1) is 0 Å². The van der Waals surface area contributed by atoms with Crippen molar-refractivity contribution < 1.29 is 14.3 Å². The third-order valence-electron chi connectivity index (χ3n) is 3.35. The molecule has 0 aliphatic carbocycles. The first-order valence-electron chi connectivity index (χ1n) is 6.20. The second-order valence-corrected chi connectivity index (χ2v) is 5.51. The number of carbonyl (C=O) groups excluding carboxylic acids is 1. The standard InChI is InChI=1S/C12H18BrN3O3/c1-18-7-4-16-10(9(13)8-15-16)11(17)12(14)2-5-19-6-3-12/h8H,2-7,14H2,1H3. The van der Waals surface area contributed by atoms with Gasteiger partial charge in [-0.3, -0.25) is 9.48 Å². The van der Waals surface area contributed by atoms with Crippen LogP contribution in [0.5, 0.6) is 0 Å². The second kappa shape index (κ2) is 6.13. The molecule has 0 saturated carbocycles. The van der Waals surface area contributed by atoms with Gasteiger partial charge in [-0.2, -0.15) is 5.10 Å². The molecular formula is C12H18BrN3O3. The Morgan fingerprint density at radius 3 is 2.95 bits per heavy atom. The molecule has 2 N–H and O–H groups in total. The molecule has 1 aliphatic rings. The van der Waals surface area contributed by atoms with Gasteiger partial charge in [0.1, 0.15) is 5.69 Å². The Bertz CT molecular complexity index is 455. The van der Waals surface area contributed by atoms with Crippen LogP contribution in [0.3, 0.4) is 0 Å². The van der Waals surface area contributed by atoms with Crippen molar-refractivity contribution in [2.45, 2.75) is 24.9 Å². The van der Waals surface area contributed by atoms with Gasteiger partial charge in [-0.05, 0) is 28.8 Å². The lowest BCUT2D eigenvalue weighted by atomic mass is 9.85. The lowest BCUT2D eigenvalue weighted by molar-refractivity contribution is 0.0439. The average Bonchev–Trinajstić information content (AvgIpc) is 2.77. The first kappa shape index (κ1) is 14.6. The highest BCUT2D eigenvalue weighted by atomic mass is 79.9. The number of hydrogen-bond donors (Lipinski definition) is 1. The highest BCUT2D eigenvalue weighted by Gasteiger charge is 2.39. The van der Waals surface area contributed by atoms with Gasteiger partial charge >= 0.3 is 0 Å². The smallest absolute Gasteiger partial charge is 0.201 e. The number of ether oxygens (including phenoxy) is 2. The number of halogens is 1. The summed E-state index contributed by atoms with van der Waals surface area (Å²) in [4.78, 5) is 12.7. The zero-order valence-corrected chi connectivity index (χ0v) is 12.5. The Kier molecular flexibility index (Phi) is 4.72. The van der Waals surface area contributed by atoms with E-state index in [1.54, 1.807) is 18.0 Å². The monoisotopic (exact) mass is 331 g/mol. The third kappa shape index (κ3) is 3.05. The Labute approximate surface area is 120 Å². The van der Waals surface area contributed by atoms with Crippen LogP contribution in [0.4, 0.5) is 0 Å². The molecule has 0 radical (unpaired) electrons. The van der Waals surface area contributed by atoms with Gasteiger partial charge in [-0.1, -0.05) is 0 Å². The zero-order valence-electron chi connectivity index (χ0n) is 10.9. The van der Waals surface area contributed by atoms with Crippen LogP contribution in [-0.4, -0.2) is 48.0 Å². The highest BCUT2D eigenvalue weighted by Crippen LogP contribution is 2.26. The van der Waals surface area contributed by atoms with Crippen molar-refractivity contribution in [1.82, 2.24) is 9.78 Å². The first-order valence-corrected chi connectivity index (χ1v) is 6.99. The number of ketones is 1. The molecule has 0 bridgehead atoms. The van der Waals surface area contributed by atoms with Crippen LogP contribution in [0.2, 0.25) is 0 Å². The highest BCUT2D eigenvalue weighted by molar-refractivity contribution is 9.10. The van der Waals surface area contributed by atoms with E-state index in [-0.39, 0.29) is 5.78 Å². The van der Waals surface area contributed by atoms with Gasteiger partial charge in [0.25, 0.3) is 0 Å². The Balaban J connectivity index is 2.24. The van der Waals surface area contributed by atoms with Gasteiger partial charge in [0.05, 0.1) is 29.4 Å². The number of hydrogen-bond acceptors (Lipinski definition) is 5. The molecule has 19 heavy (non-hydrogen) atoms. The summed E-state index contributed by atoms with van der Waals surface area (Å²) < 4.78 is 12.6. The number of aromatic nitrogens is 2. The molecule has 1 aromatic heterocycles. The molecular weight excluding hydrogens is 314 g/mol. The van der Waals surface area contributed by atoms with E-state index in [0.29, 0.717) is 49.4 Å². The topological polar surface area (TPSA) is 79.4 Å². The normalized spacial score (nSPS) is 18.5. The fourth-order valence-corrected chi connectivity index (χ4v) is 2.61. The molecule has 2 heterocycles. The maximum Gasteiger partial charge on any atom is 0.201 e. The SMILES string of the molecule is COCCn1ncc(Br)c1C(=O)C1(N)CCOCC1. The van der Waals surface area contributed by atoms with E-state index in [1.165, 1.54) is 0 Å². The van der Waals surface area contributed by atoms with E-state index >= 15 is 0 Å². The maximum absolute atomic E-state index is 12.7. The molecule has 7 heteroatoms. The number of nitrogens with zero attached hydrogens (tertiary/aromatic N) is 2. The van der Waals surface area contributed by atoms with Gasteiger partial charge in [0.2, 0.25) is 5.78 Å². The Hall–Kier alpha value is -0.760. The molecule has 0 spiro atoms. The summed E-state index contributed by atoms with van der Waals surface area (Å²) >= 11 is 3.37. The van der Waals surface area contributed by atoms with Gasteiger partial charge in [0.15, 0.2) is 0 Å². The molecule has 0 atom stereocenters. The van der Waals surface area contributed by atoms with Crippen molar-refractivity contribution in [2.24, 2.45) is 5.73 Å². The number of nitrogens with two attached hydrogens (primary N) is 1. The van der Waals surface area contributed by atoms with Crippen molar-refractivity contribution >= 4 is 21.7 Å². The maximum atomic E-state index is 12.7. The minimum Gasteiger partial charge on any atom is -0.383 e. The summed E-state index contributed by atoms with van der Waals surface area (Å²) in [7, 11) is 1.61. The molecule has 1 aromatic rings. The minimum absolute atomic E-state index is 0.0868. The fourth-order valence-electron chi connectivity index (χ4n) is 2.13. The van der Waals surface area contributed by atoms with Crippen LogP contribution in [0.25, 0.3) is 0 Å². The average molecular weight is 332 g/mol. The number of methoxy groups -OCH3 is 1. The third-order valence-corrected chi connectivity index (χ3v) is 3.93. The molecule has 0 amide bonds. The molecule has 1 fully saturated rings. The minimum atomic E-state index is -0.856. The Morgan fingerprint density at radius 1 is 1.63 bits per heavy atom. The molecule has 106 valence electrons. The van der Waals surface area contributed by atoms with Gasteiger partial charge < -0.3 is 15.2 Å². The summed E-state index contributed by atoms with van der Waals surface area (Å²) in [6, 6.07) is 0. The first-order chi connectivity index (χ1) is 9.08. The van der Waals surface area contributed by atoms with E-state index in [9.17, 15) is 4.79 Å². The molecule has 2 rings (SSSR count). The predicted octanol–water partition coefficient (Wildman–Crippen LogP) is 0.983. The van der Waals surface area contributed by atoms with Gasteiger partial charge in [0, 0.05) is 20.3 Å². The molecule has 1 aliphatic heterocycles. The predicted molar refractivity (Wildman–Crippen MR) is 73.1 cm³/mol. The summed E-state index contributed by atoms with van der Waals surface area (Å²) in [5.74, 6) is -0.0868. The van der Waals surface area contributed by atoms with Crippen LogP contribution in [0.15, 0.2) is 10.7 Å². The van der Waals surface area contributed by atoms with E-state index in [1.807, 2.05) is 0 Å². The zero-order chi connectivity index (χ0) is 13.9. The van der Waals surface area contributed by atoms with Gasteiger partial charge in [-0.15, -0.1) is 0 Å². The van der Waals surface area contributed by atoms with Crippen molar-refractivity contribution in [3.63, 3.8) is 0 Å². The second-order valence-electron chi connectivity index (χ2n) is 4.65.